The zero-order valence-electron chi connectivity index (χ0n) is 27.6. The quantitative estimate of drug-likeness (QED) is 0.324. The molecule has 1 aromatic carbocycles. The molecular formula is C34H47ClN4O6. The molecule has 0 saturated carbocycles. The van der Waals surface area contributed by atoms with Crippen molar-refractivity contribution in [2.75, 3.05) is 24.6 Å². The van der Waals surface area contributed by atoms with Gasteiger partial charge in [-0.1, -0.05) is 11.6 Å². The molecule has 6 rings (SSSR count). The topological polar surface area (TPSA) is 108 Å². The Morgan fingerprint density at radius 2 is 1.89 bits per heavy atom. The number of ether oxygens (including phenoxy) is 4. The summed E-state index contributed by atoms with van der Waals surface area (Å²) in [5.74, 6) is 0.388. The summed E-state index contributed by atoms with van der Waals surface area (Å²) in [6, 6.07) is 5.77. The number of piperidine rings is 1. The molecule has 246 valence electrons. The first-order valence-electron chi connectivity index (χ1n) is 15.9. The van der Waals surface area contributed by atoms with Crippen LogP contribution < -0.4 is 9.64 Å². The molecule has 0 spiro atoms. The number of fused-ring (bicyclic) bond motifs is 10. The Kier molecular flexibility index (Phi) is 9.99. The van der Waals surface area contributed by atoms with E-state index in [-0.39, 0.29) is 18.3 Å². The van der Waals surface area contributed by atoms with Gasteiger partial charge >= 0.3 is 5.97 Å². The van der Waals surface area contributed by atoms with Crippen LogP contribution in [0.2, 0.25) is 5.02 Å². The van der Waals surface area contributed by atoms with E-state index in [4.69, 9.17) is 40.6 Å². The molecule has 11 heteroatoms. The molecule has 2 atom stereocenters. The van der Waals surface area contributed by atoms with Crippen LogP contribution in [-0.4, -0.2) is 62.7 Å². The SMILES string of the molecule is Cc1cc2c(cc1Cl)COCc1cc3nc(C)c(C(OC(C)(C)C)C(=O)O)c(n3n1)N1CCC(C)(CC1)OCCCCC(C)O2. The number of carbonyl (C=O) groups is 1. The van der Waals surface area contributed by atoms with Crippen LogP contribution in [0.15, 0.2) is 18.2 Å². The van der Waals surface area contributed by atoms with E-state index in [1.165, 1.54) is 0 Å². The largest absolute Gasteiger partial charge is 0.490 e. The van der Waals surface area contributed by atoms with Gasteiger partial charge in [0.1, 0.15) is 11.6 Å². The highest BCUT2D eigenvalue weighted by atomic mass is 35.5. The van der Waals surface area contributed by atoms with Crippen molar-refractivity contribution in [2.45, 2.75) is 117 Å². The maximum absolute atomic E-state index is 12.7. The van der Waals surface area contributed by atoms with Gasteiger partial charge in [0.05, 0.1) is 41.8 Å². The maximum Gasteiger partial charge on any atom is 0.337 e. The third kappa shape index (κ3) is 7.91. The monoisotopic (exact) mass is 642 g/mol. The van der Waals surface area contributed by atoms with Crippen molar-refractivity contribution < 1.29 is 28.8 Å². The second kappa shape index (κ2) is 13.4. The van der Waals surface area contributed by atoms with Gasteiger partial charge in [-0.3, -0.25) is 0 Å². The van der Waals surface area contributed by atoms with E-state index in [1.807, 2.05) is 52.8 Å². The number of aryl methyl sites for hydroxylation is 2. The number of rotatable bonds is 3. The summed E-state index contributed by atoms with van der Waals surface area (Å²) in [4.78, 5) is 19.7. The average molecular weight is 643 g/mol. The van der Waals surface area contributed by atoms with Crippen molar-refractivity contribution >= 4 is 29.0 Å². The van der Waals surface area contributed by atoms with Crippen LogP contribution in [-0.2, 0) is 32.2 Å². The van der Waals surface area contributed by atoms with Crippen molar-refractivity contribution in [3.8, 4) is 5.75 Å². The van der Waals surface area contributed by atoms with Gasteiger partial charge in [-0.2, -0.15) is 9.61 Å². The Morgan fingerprint density at radius 1 is 1.16 bits per heavy atom. The van der Waals surface area contributed by atoms with Crippen molar-refractivity contribution in [3.63, 3.8) is 0 Å². The number of aromatic nitrogens is 3. The van der Waals surface area contributed by atoms with E-state index in [2.05, 4.69) is 18.7 Å². The number of benzene rings is 1. The minimum atomic E-state index is -1.22. The lowest BCUT2D eigenvalue weighted by Crippen LogP contribution is -2.46. The number of hydrogen-bond acceptors (Lipinski definition) is 8. The highest BCUT2D eigenvalue weighted by Gasteiger charge is 2.37. The second-order valence-corrected chi connectivity index (χ2v) is 14.1. The Hall–Kier alpha value is -2.92. The smallest absolute Gasteiger partial charge is 0.337 e. The van der Waals surface area contributed by atoms with E-state index in [9.17, 15) is 9.90 Å². The van der Waals surface area contributed by atoms with Gasteiger partial charge in [0.15, 0.2) is 11.8 Å². The summed E-state index contributed by atoms with van der Waals surface area (Å²) in [7, 11) is 0. The third-order valence-corrected chi connectivity index (χ3v) is 8.97. The summed E-state index contributed by atoms with van der Waals surface area (Å²) >= 11 is 6.50. The summed E-state index contributed by atoms with van der Waals surface area (Å²) in [5, 5.41) is 15.9. The Labute approximate surface area is 271 Å². The number of nitrogens with zero attached hydrogens (tertiary/aromatic N) is 4. The first-order chi connectivity index (χ1) is 21.2. The van der Waals surface area contributed by atoms with Crippen LogP contribution in [0.1, 0.15) is 101 Å². The van der Waals surface area contributed by atoms with E-state index < -0.39 is 17.7 Å². The fourth-order valence-electron chi connectivity index (χ4n) is 6.08. The maximum atomic E-state index is 12.7. The number of halogens is 1. The average Bonchev–Trinajstić information content (AvgIpc) is 3.35. The lowest BCUT2D eigenvalue weighted by Gasteiger charge is -2.41. The zero-order chi connectivity index (χ0) is 32.5. The number of aliphatic carboxylic acids is 1. The fraction of sp³-hybridized carbons (Fsp3) is 0.618. The highest BCUT2D eigenvalue weighted by Crippen LogP contribution is 2.38. The molecule has 10 nitrogen and oxygen atoms in total. The van der Waals surface area contributed by atoms with Crippen molar-refractivity contribution in [2.24, 2.45) is 0 Å². The van der Waals surface area contributed by atoms with Gasteiger partial charge in [-0.25, -0.2) is 9.78 Å². The minimum absolute atomic E-state index is 0.0333. The molecule has 4 bridgehead atoms. The molecule has 0 radical (unpaired) electrons. The van der Waals surface area contributed by atoms with Gasteiger partial charge in [-0.05, 0) is 98.3 Å². The molecule has 45 heavy (non-hydrogen) atoms. The van der Waals surface area contributed by atoms with Crippen LogP contribution in [0.3, 0.4) is 0 Å². The fourth-order valence-corrected chi connectivity index (χ4v) is 6.26. The van der Waals surface area contributed by atoms with Gasteiger partial charge in [0, 0.05) is 42.0 Å². The standard InChI is InChI=1S/C34H47ClN4O6/c1-21-16-27-24(17-26(21)35)19-42-20-25-18-28-36-23(3)29(30(32(40)41)45-33(4,5)6)31(39(28)37-25)38-13-11-34(7,12-14-38)43-15-9-8-10-22(2)44-27/h16-18,22,30H,8-15,19-20H2,1-7H3,(H,40,41). The first-order valence-corrected chi connectivity index (χ1v) is 16.3. The van der Waals surface area contributed by atoms with E-state index >= 15 is 0 Å². The van der Waals surface area contributed by atoms with Crippen molar-refractivity contribution in [1.82, 2.24) is 14.6 Å². The Balaban J connectivity index is 1.56. The van der Waals surface area contributed by atoms with Crippen LogP contribution in [0.4, 0.5) is 5.82 Å². The van der Waals surface area contributed by atoms with Gasteiger partial charge in [0.25, 0.3) is 0 Å². The zero-order valence-corrected chi connectivity index (χ0v) is 28.4. The summed E-state index contributed by atoms with van der Waals surface area (Å²) < 4.78 is 26.9. The summed E-state index contributed by atoms with van der Waals surface area (Å²) in [5.41, 5.74) is 3.26. The van der Waals surface area contributed by atoms with E-state index in [1.54, 1.807) is 4.52 Å². The molecule has 3 aromatic rings. The summed E-state index contributed by atoms with van der Waals surface area (Å²) in [6.45, 7) is 16.2. The normalized spacial score (nSPS) is 22.7. The van der Waals surface area contributed by atoms with Gasteiger partial charge in [0.2, 0.25) is 0 Å². The molecule has 3 aliphatic heterocycles. The molecular weight excluding hydrogens is 596 g/mol. The molecule has 0 amide bonds. The predicted molar refractivity (Wildman–Crippen MR) is 173 cm³/mol. The second-order valence-electron chi connectivity index (χ2n) is 13.7. The summed E-state index contributed by atoms with van der Waals surface area (Å²) in [6.07, 6.45) is 3.25. The van der Waals surface area contributed by atoms with E-state index in [0.29, 0.717) is 59.7 Å². The number of carboxylic acids is 1. The van der Waals surface area contributed by atoms with Crippen LogP contribution in [0.25, 0.3) is 5.65 Å². The number of hydrogen-bond donors (Lipinski definition) is 1. The molecule has 3 aliphatic rings. The molecule has 1 saturated heterocycles. The molecule has 2 aromatic heterocycles. The van der Waals surface area contributed by atoms with Crippen LogP contribution in [0.5, 0.6) is 5.75 Å². The highest BCUT2D eigenvalue weighted by molar-refractivity contribution is 6.31. The van der Waals surface area contributed by atoms with Gasteiger partial charge < -0.3 is 29.0 Å². The van der Waals surface area contributed by atoms with E-state index in [0.717, 1.165) is 49.0 Å². The molecule has 1 fully saturated rings. The van der Waals surface area contributed by atoms with Crippen molar-refractivity contribution in [1.29, 1.82) is 0 Å². The molecule has 1 N–H and O–H groups in total. The minimum Gasteiger partial charge on any atom is -0.490 e. The predicted octanol–water partition coefficient (Wildman–Crippen LogP) is 6.98. The third-order valence-electron chi connectivity index (χ3n) is 8.57. The van der Waals surface area contributed by atoms with Gasteiger partial charge in [-0.15, -0.1) is 0 Å². The number of carboxylic acid groups (broad SMARTS) is 1. The Bertz CT molecular complexity index is 1530. The molecule has 5 heterocycles. The van der Waals surface area contributed by atoms with Crippen molar-refractivity contribution in [3.05, 3.63) is 51.3 Å². The van der Waals surface area contributed by atoms with Crippen LogP contribution in [0, 0.1) is 13.8 Å². The molecule has 2 unspecified atom stereocenters. The molecule has 0 aliphatic carbocycles. The first kappa shape index (κ1) is 33.4. The lowest BCUT2D eigenvalue weighted by molar-refractivity contribution is -0.160. The van der Waals surface area contributed by atoms with Crippen LogP contribution >= 0.6 is 11.6 Å². The Morgan fingerprint density at radius 3 is 2.58 bits per heavy atom. The number of anilines is 1. The lowest BCUT2D eigenvalue weighted by atomic mass is 9.92.